The van der Waals surface area contributed by atoms with Gasteiger partial charge in [-0.05, 0) is 35.9 Å². The smallest absolute Gasteiger partial charge is 0.350 e. The van der Waals surface area contributed by atoms with Gasteiger partial charge in [0.1, 0.15) is 5.15 Å². The van der Waals surface area contributed by atoms with Crippen molar-refractivity contribution in [3.63, 3.8) is 0 Å². The maximum atomic E-state index is 13.1. The molecular weight excluding hydrogens is 416 g/mol. The van der Waals surface area contributed by atoms with Crippen molar-refractivity contribution in [1.29, 1.82) is 0 Å². The van der Waals surface area contributed by atoms with Crippen LogP contribution in [0.4, 0.5) is 13.2 Å². The minimum Gasteiger partial charge on any atom is -0.350 e. The van der Waals surface area contributed by atoms with E-state index in [1.807, 2.05) is 0 Å². The molecule has 2 heterocycles. The largest absolute Gasteiger partial charge is 0.435 e. The lowest BCUT2D eigenvalue weighted by Gasteiger charge is -2.09. The van der Waals surface area contributed by atoms with Gasteiger partial charge < -0.3 is 5.32 Å². The molecule has 1 amide bonds. The van der Waals surface area contributed by atoms with Crippen LogP contribution >= 0.6 is 23.2 Å². The fourth-order valence-electron chi connectivity index (χ4n) is 2.46. The van der Waals surface area contributed by atoms with Crippen LogP contribution in [0.2, 0.25) is 10.2 Å². The lowest BCUT2D eigenvalue weighted by Crippen LogP contribution is -2.25. The van der Waals surface area contributed by atoms with Gasteiger partial charge in [0.15, 0.2) is 5.69 Å². The van der Waals surface area contributed by atoms with Gasteiger partial charge >= 0.3 is 6.18 Å². The molecule has 0 aliphatic carbocycles. The van der Waals surface area contributed by atoms with Crippen LogP contribution in [0.5, 0.6) is 0 Å². The van der Waals surface area contributed by atoms with Crippen molar-refractivity contribution in [2.45, 2.75) is 19.1 Å². The van der Waals surface area contributed by atoms with E-state index in [0.29, 0.717) is 21.4 Å². The highest BCUT2D eigenvalue weighted by Gasteiger charge is 2.35. The Labute approximate surface area is 168 Å². The second-order valence-electron chi connectivity index (χ2n) is 5.85. The Morgan fingerprint density at radius 2 is 1.93 bits per heavy atom. The first-order valence-corrected chi connectivity index (χ1v) is 8.77. The highest BCUT2D eigenvalue weighted by molar-refractivity contribution is 6.30. The van der Waals surface area contributed by atoms with Gasteiger partial charge in [-0.2, -0.15) is 18.3 Å². The molecule has 0 saturated carbocycles. The summed E-state index contributed by atoms with van der Waals surface area (Å²) in [5.74, 6) is -0.378. The molecule has 0 fully saturated rings. The molecule has 1 N–H and O–H groups in total. The van der Waals surface area contributed by atoms with E-state index in [1.165, 1.54) is 12.3 Å². The Bertz CT molecular complexity index is 987. The molecule has 10 heteroatoms. The number of hydrogen-bond acceptors (Lipinski definition) is 3. The molecule has 0 unspecified atom stereocenters. The predicted molar refractivity (Wildman–Crippen MR) is 98.4 cm³/mol. The summed E-state index contributed by atoms with van der Waals surface area (Å²) in [4.78, 5) is 16.0. The number of nitrogens with one attached hydrogen (secondary N) is 1. The van der Waals surface area contributed by atoms with Gasteiger partial charge in [-0.25, -0.2) is 9.67 Å². The maximum absolute atomic E-state index is 13.1. The van der Waals surface area contributed by atoms with Crippen LogP contribution in [0.3, 0.4) is 0 Å². The summed E-state index contributed by atoms with van der Waals surface area (Å²) < 4.78 is 40.4. The Balaban J connectivity index is 1.79. The molecule has 3 rings (SSSR count). The van der Waals surface area contributed by atoms with Gasteiger partial charge in [-0.15, -0.1) is 0 Å². The molecule has 146 valence electrons. The molecule has 0 bridgehead atoms. The summed E-state index contributed by atoms with van der Waals surface area (Å²) >= 11 is 11.6. The van der Waals surface area contributed by atoms with Gasteiger partial charge in [0.25, 0.3) is 0 Å². The number of carbonyl (C=O) groups is 1. The standard InChI is InChI=1S/C18H13Cl2F3N4O/c19-12-2-1-3-13(7-12)27-14(8-15(26-27)18(21,22)23)10-25-17(28)6-11-4-5-16(20)24-9-11/h1-5,7-9H,6,10H2,(H,25,28). The molecule has 3 aromatic rings. The number of aromatic nitrogens is 3. The second-order valence-corrected chi connectivity index (χ2v) is 6.68. The number of alkyl halides is 3. The number of nitrogens with zero attached hydrogens (tertiary/aromatic N) is 3. The molecule has 0 aliphatic rings. The van der Waals surface area contributed by atoms with Crippen molar-refractivity contribution in [2.24, 2.45) is 0 Å². The van der Waals surface area contributed by atoms with Gasteiger partial charge in [-0.1, -0.05) is 35.3 Å². The van der Waals surface area contributed by atoms with Crippen LogP contribution in [0.1, 0.15) is 17.0 Å². The SMILES string of the molecule is O=C(Cc1ccc(Cl)nc1)NCc1cc(C(F)(F)F)nn1-c1cccc(Cl)c1. The summed E-state index contributed by atoms with van der Waals surface area (Å²) in [5.41, 5.74) is 0.0891. The van der Waals surface area contributed by atoms with E-state index >= 15 is 0 Å². The van der Waals surface area contributed by atoms with Crippen molar-refractivity contribution >= 4 is 29.1 Å². The minimum atomic E-state index is -4.61. The first-order valence-electron chi connectivity index (χ1n) is 8.01. The number of carbonyl (C=O) groups excluding carboxylic acids is 1. The third-order valence-corrected chi connectivity index (χ3v) is 4.20. The number of benzene rings is 1. The van der Waals surface area contributed by atoms with Crippen molar-refractivity contribution in [3.8, 4) is 5.69 Å². The van der Waals surface area contributed by atoms with E-state index in [4.69, 9.17) is 23.2 Å². The summed E-state index contributed by atoms with van der Waals surface area (Å²) in [7, 11) is 0. The maximum Gasteiger partial charge on any atom is 0.435 e. The lowest BCUT2D eigenvalue weighted by molar-refractivity contribution is -0.141. The predicted octanol–water partition coefficient (Wildman–Crippen LogP) is 4.45. The number of halogens is 5. The number of hydrogen-bond donors (Lipinski definition) is 1. The van der Waals surface area contributed by atoms with E-state index in [0.717, 1.165) is 10.7 Å². The summed E-state index contributed by atoms with van der Waals surface area (Å²) in [6, 6.07) is 10.3. The van der Waals surface area contributed by atoms with Crippen molar-refractivity contribution < 1.29 is 18.0 Å². The average molecular weight is 429 g/mol. The zero-order chi connectivity index (χ0) is 20.3. The molecule has 0 aliphatic heterocycles. The van der Waals surface area contributed by atoms with E-state index in [2.05, 4.69) is 15.4 Å². The number of pyridine rings is 1. The Morgan fingerprint density at radius 3 is 2.57 bits per heavy atom. The summed E-state index contributed by atoms with van der Waals surface area (Å²) in [6.07, 6.45) is -3.14. The molecule has 0 spiro atoms. The summed E-state index contributed by atoms with van der Waals surface area (Å²) in [6.45, 7) is -0.143. The molecule has 5 nitrogen and oxygen atoms in total. The van der Waals surface area contributed by atoms with Crippen LogP contribution in [-0.4, -0.2) is 20.7 Å². The molecule has 28 heavy (non-hydrogen) atoms. The fraction of sp³-hybridized carbons (Fsp3) is 0.167. The first kappa shape index (κ1) is 20.2. The Morgan fingerprint density at radius 1 is 1.14 bits per heavy atom. The zero-order valence-corrected chi connectivity index (χ0v) is 15.7. The van der Waals surface area contributed by atoms with Gasteiger partial charge in [0.2, 0.25) is 5.91 Å². The monoisotopic (exact) mass is 428 g/mol. The van der Waals surface area contributed by atoms with Gasteiger partial charge in [0.05, 0.1) is 24.3 Å². The molecule has 0 atom stereocenters. The van der Waals surface area contributed by atoms with Crippen LogP contribution in [-0.2, 0) is 23.9 Å². The van der Waals surface area contributed by atoms with Gasteiger partial charge in [0, 0.05) is 11.2 Å². The van der Waals surface area contributed by atoms with Crippen molar-refractivity contribution in [3.05, 3.63) is 75.8 Å². The number of amides is 1. The van der Waals surface area contributed by atoms with Crippen LogP contribution < -0.4 is 5.32 Å². The third kappa shape index (κ3) is 5.02. The normalized spacial score (nSPS) is 11.5. The highest BCUT2D eigenvalue weighted by Crippen LogP contribution is 2.30. The van der Waals surface area contributed by atoms with Crippen LogP contribution in [0.15, 0.2) is 48.7 Å². The molecule has 0 radical (unpaired) electrons. The van der Waals surface area contributed by atoms with Crippen LogP contribution in [0.25, 0.3) is 5.69 Å². The topological polar surface area (TPSA) is 59.8 Å². The first-order chi connectivity index (χ1) is 13.2. The lowest BCUT2D eigenvalue weighted by atomic mass is 10.2. The van der Waals surface area contributed by atoms with E-state index in [1.54, 1.807) is 30.3 Å². The van der Waals surface area contributed by atoms with Crippen molar-refractivity contribution in [2.75, 3.05) is 0 Å². The quantitative estimate of drug-likeness (QED) is 0.610. The van der Waals surface area contributed by atoms with E-state index in [-0.39, 0.29) is 24.6 Å². The minimum absolute atomic E-state index is 0.0155. The zero-order valence-electron chi connectivity index (χ0n) is 14.2. The third-order valence-electron chi connectivity index (χ3n) is 3.75. The molecule has 1 aromatic carbocycles. The summed E-state index contributed by atoms with van der Waals surface area (Å²) in [5, 5.41) is 6.87. The van der Waals surface area contributed by atoms with Crippen LogP contribution in [0, 0.1) is 0 Å². The highest BCUT2D eigenvalue weighted by atomic mass is 35.5. The molecule has 0 saturated heterocycles. The molecular formula is C18H13Cl2F3N4O. The second kappa shape index (κ2) is 8.20. The van der Waals surface area contributed by atoms with E-state index < -0.39 is 11.9 Å². The average Bonchev–Trinajstić information content (AvgIpc) is 3.07. The number of rotatable bonds is 5. The molecule has 2 aromatic heterocycles. The van der Waals surface area contributed by atoms with Crippen molar-refractivity contribution in [1.82, 2.24) is 20.1 Å². The van der Waals surface area contributed by atoms with Gasteiger partial charge in [-0.3, -0.25) is 4.79 Å². The van der Waals surface area contributed by atoms with E-state index in [9.17, 15) is 18.0 Å². The Kier molecular flexibility index (Phi) is 5.90. The fourth-order valence-corrected chi connectivity index (χ4v) is 2.76. The Hall–Kier alpha value is -2.58.